The Morgan fingerprint density at radius 3 is 2.72 bits per heavy atom. The zero-order valence-corrected chi connectivity index (χ0v) is 10.9. The summed E-state index contributed by atoms with van der Waals surface area (Å²) in [6.07, 6.45) is 8.89. The second-order valence-corrected chi connectivity index (χ2v) is 5.57. The summed E-state index contributed by atoms with van der Waals surface area (Å²) in [5.41, 5.74) is 0.838. The number of nitrogens with zero attached hydrogens (tertiary/aromatic N) is 3. The van der Waals surface area contributed by atoms with Crippen LogP contribution in [0.3, 0.4) is 0 Å². The van der Waals surface area contributed by atoms with E-state index in [0.29, 0.717) is 5.92 Å². The molecule has 0 bridgehead atoms. The van der Waals surface area contributed by atoms with Gasteiger partial charge < -0.3 is 9.84 Å². The molecule has 0 amide bonds. The summed E-state index contributed by atoms with van der Waals surface area (Å²) in [5.74, 6) is 0.581. The molecule has 1 aromatic rings. The van der Waals surface area contributed by atoms with Crippen LogP contribution in [0.5, 0.6) is 0 Å². The third-order valence-corrected chi connectivity index (χ3v) is 4.76. The molecule has 1 aromatic heterocycles. The lowest BCUT2D eigenvalue weighted by Gasteiger charge is -2.45. The Hall–Kier alpha value is -0.940. The number of aliphatic hydroxyl groups is 1. The zero-order chi connectivity index (χ0) is 12.6. The van der Waals surface area contributed by atoms with Crippen molar-refractivity contribution in [3.05, 3.63) is 11.9 Å². The van der Waals surface area contributed by atoms with Crippen LogP contribution in [-0.2, 0) is 4.74 Å². The summed E-state index contributed by atoms with van der Waals surface area (Å²) in [5, 5.41) is 18.1. The molecule has 2 fully saturated rings. The molecule has 0 saturated heterocycles. The van der Waals surface area contributed by atoms with E-state index < -0.39 is 0 Å². The smallest absolute Gasteiger partial charge is 0.106 e. The molecule has 100 valence electrons. The van der Waals surface area contributed by atoms with E-state index in [-0.39, 0.29) is 18.2 Å². The lowest BCUT2D eigenvalue weighted by Crippen LogP contribution is -2.49. The summed E-state index contributed by atoms with van der Waals surface area (Å²) in [6, 6.07) is -0.0995. The molecule has 1 atom stereocenters. The van der Waals surface area contributed by atoms with E-state index in [2.05, 4.69) is 10.3 Å². The van der Waals surface area contributed by atoms with Crippen molar-refractivity contribution in [2.24, 2.45) is 0 Å². The minimum Gasteiger partial charge on any atom is -0.394 e. The van der Waals surface area contributed by atoms with Crippen LogP contribution < -0.4 is 0 Å². The number of aromatic nitrogens is 3. The van der Waals surface area contributed by atoms with Crippen LogP contribution in [-0.4, -0.2) is 39.4 Å². The second-order valence-electron chi connectivity index (χ2n) is 5.57. The maximum atomic E-state index is 9.66. The Bertz CT molecular complexity index is 405. The average molecular weight is 251 g/mol. The van der Waals surface area contributed by atoms with E-state index in [0.717, 1.165) is 25.0 Å². The third-order valence-electron chi connectivity index (χ3n) is 4.76. The van der Waals surface area contributed by atoms with Gasteiger partial charge in [-0.25, -0.2) is 4.68 Å². The quantitative estimate of drug-likeness (QED) is 0.864. The fourth-order valence-electron chi connectivity index (χ4n) is 3.02. The maximum Gasteiger partial charge on any atom is 0.106 e. The highest BCUT2D eigenvalue weighted by Crippen LogP contribution is 2.44. The highest BCUT2D eigenvalue weighted by molar-refractivity contribution is 5.08. The maximum absolute atomic E-state index is 9.66. The van der Waals surface area contributed by atoms with Gasteiger partial charge in [-0.2, -0.15) is 0 Å². The van der Waals surface area contributed by atoms with Crippen LogP contribution >= 0.6 is 0 Å². The molecular weight excluding hydrogens is 230 g/mol. The van der Waals surface area contributed by atoms with Gasteiger partial charge in [0.05, 0.1) is 17.9 Å². The van der Waals surface area contributed by atoms with Gasteiger partial charge in [0.25, 0.3) is 0 Å². The molecule has 0 aromatic carbocycles. The Kier molecular flexibility index (Phi) is 3.11. The fraction of sp³-hybridized carbons (Fsp3) is 0.846. The number of rotatable bonds is 5. The molecule has 0 radical (unpaired) electrons. The van der Waals surface area contributed by atoms with Crippen LogP contribution in [0.1, 0.15) is 56.2 Å². The number of hydrogen-bond donors (Lipinski definition) is 1. The minimum absolute atomic E-state index is 0.0569. The first kappa shape index (κ1) is 12.1. The van der Waals surface area contributed by atoms with Crippen molar-refractivity contribution >= 4 is 0 Å². The summed E-state index contributed by atoms with van der Waals surface area (Å²) in [6.45, 7) is 0.0569. The van der Waals surface area contributed by atoms with Gasteiger partial charge in [-0.15, -0.1) is 5.10 Å². The van der Waals surface area contributed by atoms with Gasteiger partial charge in [0, 0.05) is 19.2 Å². The van der Waals surface area contributed by atoms with Crippen LogP contribution in [0.25, 0.3) is 0 Å². The van der Waals surface area contributed by atoms with Crippen molar-refractivity contribution in [1.82, 2.24) is 15.0 Å². The predicted octanol–water partition coefficient (Wildman–Crippen LogP) is 1.65. The van der Waals surface area contributed by atoms with Crippen LogP contribution in [0, 0.1) is 0 Å². The molecule has 2 aliphatic carbocycles. The van der Waals surface area contributed by atoms with Gasteiger partial charge >= 0.3 is 0 Å². The molecular formula is C13H21N3O2. The van der Waals surface area contributed by atoms with Gasteiger partial charge in [0.15, 0.2) is 0 Å². The van der Waals surface area contributed by atoms with E-state index >= 15 is 0 Å². The highest BCUT2D eigenvalue weighted by Gasteiger charge is 2.46. The van der Waals surface area contributed by atoms with Crippen molar-refractivity contribution in [2.45, 2.75) is 56.1 Å². The summed E-state index contributed by atoms with van der Waals surface area (Å²) < 4.78 is 7.46. The minimum atomic E-state index is -0.237. The Labute approximate surface area is 107 Å². The molecule has 5 nitrogen and oxygen atoms in total. The van der Waals surface area contributed by atoms with Gasteiger partial charge in [0.2, 0.25) is 0 Å². The van der Waals surface area contributed by atoms with Crippen molar-refractivity contribution in [3.8, 4) is 0 Å². The molecule has 2 aliphatic rings. The molecule has 18 heavy (non-hydrogen) atoms. The third kappa shape index (κ3) is 1.77. The summed E-state index contributed by atoms with van der Waals surface area (Å²) >= 11 is 0. The lowest BCUT2D eigenvalue weighted by atomic mass is 9.74. The number of hydrogen-bond acceptors (Lipinski definition) is 4. The summed E-state index contributed by atoms with van der Waals surface area (Å²) in [7, 11) is 1.73. The van der Waals surface area contributed by atoms with Crippen molar-refractivity contribution in [2.75, 3.05) is 13.7 Å². The first-order valence-electron chi connectivity index (χ1n) is 6.87. The Morgan fingerprint density at radius 2 is 2.28 bits per heavy atom. The van der Waals surface area contributed by atoms with Gasteiger partial charge in [-0.3, -0.25) is 0 Å². The predicted molar refractivity (Wildman–Crippen MR) is 66.3 cm³/mol. The lowest BCUT2D eigenvalue weighted by molar-refractivity contribution is -0.123. The van der Waals surface area contributed by atoms with Crippen LogP contribution in [0.4, 0.5) is 0 Å². The molecule has 0 spiro atoms. The first-order valence-corrected chi connectivity index (χ1v) is 6.87. The molecule has 0 aliphatic heterocycles. The zero-order valence-electron chi connectivity index (χ0n) is 10.9. The molecule has 2 saturated carbocycles. The topological polar surface area (TPSA) is 60.2 Å². The number of methoxy groups -OCH3 is 1. The van der Waals surface area contributed by atoms with E-state index in [9.17, 15) is 5.11 Å². The molecule has 1 unspecified atom stereocenters. The highest BCUT2D eigenvalue weighted by atomic mass is 16.5. The standard InChI is InChI=1S/C13H21N3O2/c1-18-13(6-3-7-13)12(9-17)16-8-11(14-15-16)10-4-2-5-10/h8,10,12,17H,2-7,9H2,1H3. The number of aliphatic hydroxyl groups excluding tert-OH is 1. The largest absolute Gasteiger partial charge is 0.394 e. The fourth-order valence-corrected chi connectivity index (χ4v) is 3.02. The van der Waals surface area contributed by atoms with Crippen molar-refractivity contribution in [1.29, 1.82) is 0 Å². The number of ether oxygens (including phenoxy) is 1. The molecule has 1 heterocycles. The van der Waals surface area contributed by atoms with E-state index in [4.69, 9.17) is 4.74 Å². The SMILES string of the molecule is COC1(C(CO)n2cc(C3CCC3)nn2)CCC1. The normalized spacial score (nSPS) is 24.3. The molecule has 5 heteroatoms. The average Bonchev–Trinajstić information content (AvgIpc) is 2.69. The van der Waals surface area contributed by atoms with Gasteiger partial charge in [-0.05, 0) is 32.1 Å². The molecule has 3 rings (SSSR count). The van der Waals surface area contributed by atoms with Gasteiger partial charge in [0.1, 0.15) is 6.04 Å². The Balaban J connectivity index is 1.80. The second kappa shape index (κ2) is 4.63. The van der Waals surface area contributed by atoms with Crippen LogP contribution in [0.15, 0.2) is 6.20 Å². The first-order chi connectivity index (χ1) is 8.79. The van der Waals surface area contributed by atoms with Gasteiger partial charge in [-0.1, -0.05) is 11.6 Å². The van der Waals surface area contributed by atoms with E-state index in [1.807, 2.05) is 10.9 Å². The van der Waals surface area contributed by atoms with E-state index in [1.54, 1.807) is 7.11 Å². The monoisotopic (exact) mass is 251 g/mol. The summed E-state index contributed by atoms with van der Waals surface area (Å²) in [4.78, 5) is 0. The Morgan fingerprint density at radius 1 is 1.50 bits per heavy atom. The molecule has 1 N–H and O–H groups in total. The van der Waals surface area contributed by atoms with E-state index in [1.165, 1.54) is 19.3 Å². The van der Waals surface area contributed by atoms with Crippen molar-refractivity contribution in [3.63, 3.8) is 0 Å². The van der Waals surface area contributed by atoms with Crippen molar-refractivity contribution < 1.29 is 9.84 Å². The van der Waals surface area contributed by atoms with Crippen LogP contribution in [0.2, 0.25) is 0 Å².